The Bertz CT molecular complexity index is 459. The Morgan fingerprint density at radius 3 is 2.87 bits per heavy atom. The maximum atomic E-state index is 11.7. The van der Waals surface area contributed by atoms with E-state index in [0.717, 1.165) is 11.3 Å². The summed E-state index contributed by atoms with van der Waals surface area (Å²) < 4.78 is 5.25. The number of pyridine rings is 1. The molecule has 2 rings (SSSR count). The van der Waals surface area contributed by atoms with Gasteiger partial charge in [0.15, 0.2) is 5.76 Å². The van der Waals surface area contributed by atoms with Crippen LogP contribution in [-0.4, -0.2) is 10.8 Å². The number of carbonyl (C=O) groups is 1. The van der Waals surface area contributed by atoms with Crippen LogP contribution in [0.4, 0.5) is 0 Å². The molecule has 0 radical (unpaired) electrons. The van der Waals surface area contributed by atoms with Gasteiger partial charge in [0.25, 0.3) is 0 Å². The monoisotopic (exact) mass is 201 g/mol. The third-order valence-electron chi connectivity index (χ3n) is 2.10. The van der Waals surface area contributed by atoms with Crippen molar-refractivity contribution in [3.8, 4) is 0 Å². The number of hydrogen-bond acceptors (Lipinski definition) is 3. The second-order valence-electron chi connectivity index (χ2n) is 3.37. The summed E-state index contributed by atoms with van der Waals surface area (Å²) in [5.74, 6) is 1.15. The highest BCUT2D eigenvalue weighted by atomic mass is 16.3. The molecule has 2 aromatic rings. The minimum atomic E-state index is -0.0175. The molecule has 0 saturated carbocycles. The Morgan fingerprint density at radius 2 is 2.27 bits per heavy atom. The molecule has 0 N–H and O–H groups in total. The fourth-order valence-corrected chi connectivity index (χ4v) is 1.36. The highest BCUT2D eigenvalue weighted by Crippen LogP contribution is 2.10. The predicted octanol–water partition coefficient (Wildman–Crippen LogP) is 2.41. The molecule has 2 heterocycles. The lowest BCUT2D eigenvalue weighted by atomic mass is 10.1. The molecule has 0 aliphatic heterocycles. The van der Waals surface area contributed by atoms with Gasteiger partial charge in [0.1, 0.15) is 5.76 Å². The van der Waals surface area contributed by atoms with E-state index in [0.29, 0.717) is 12.2 Å². The summed E-state index contributed by atoms with van der Waals surface area (Å²) in [6, 6.07) is 7.18. The number of Topliss-reactive ketones (excluding diaryl/α,β-unsaturated/α-hetero) is 1. The van der Waals surface area contributed by atoms with Crippen molar-refractivity contribution in [2.24, 2.45) is 0 Å². The van der Waals surface area contributed by atoms with Gasteiger partial charge in [-0.15, -0.1) is 0 Å². The molecule has 76 valence electrons. The molecule has 0 unspecified atom stereocenters. The maximum absolute atomic E-state index is 11.7. The summed E-state index contributed by atoms with van der Waals surface area (Å²) in [4.78, 5) is 15.7. The predicted molar refractivity (Wildman–Crippen MR) is 55.7 cm³/mol. The van der Waals surface area contributed by atoms with Crippen LogP contribution in [0.2, 0.25) is 0 Å². The molecule has 0 saturated heterocycles. The van der Waals surface area contributed by atoms with E-state index in [-0.39, 0.29) is 5.78 Å². The number of nitrogens with zero attached hydrogens (tertiary/aromatic N) is 1. The van der Waals surface area contributed by atoms with Crippen molar-refractivity contribution >= 4 is 5.78 Å². The van der Waals surface area contributed by atoms with E-state index in [9.17, 15) is 4.79 Å². The third kappa shape index (κ3) is 2.31. The average molecular weight is 201 g/mol. The van der Waals surface area contributed by atoms with Crippen molar-refractivity contribution in [2.45, 2.75) is 13.3 Å². The molecule has 3 heteroatoms. The van der Waals surface area contributed by atoms with E-state index < -0.39 is 0 Å². The SMILES string of the molecule is Cc1ccc(C(=O)Cc2cccnc2)o1. The topological polar surface area (TPSA) is 43.1 Å². The van der Waals surface area contributed by atoms with E-state index in [1.54, 1.807) is 24.5 Å². The molecule has 0 aliphatic carbocycles. The number of hydrogen-bond donors (Lipinski definition) is 0. The summed E-state index contributed by atoms with van der Waals surface area (Å²) in [5, 5.41) is 0. The van der Waals surface area contributed by atoms with E-state index in [4.69, 9.17) is 4.42 Å². The first-order valence-corrected chi connectivity index (χ1v) is 4.74. The van der Waals surface area contributed by atoms with Crippen LogP contribution in [0.5, 0.6) is 0 Å². The normalized spacial score (nSPS) is 10.2. The second-order valence-corrected chi connectivity index (χ2v) is 3.37. The molecule has 0 fully saturated rings. The molecule has 15 heavy (non-hydrogen) atoms. The highest BCUT2D eigenvalue weighted by Gasteiger charge is 2.10. The van der Waals surface area contributed by atoms with Crippen LogP contribution in [0.3, 0.4) is 0 Å². The van der Waals surface area contributed by atoms with Gasteiger partial charge in [-0.1, -0.05) is 6.07 Å². The lowest BCUT2D eigenvalue weighted by Crippen LogP contribution is -2.02. The van der Waals surface area contributed by atoms with Gasteiger partial charge >= 0.3 is 0 Å². The molecule has 0 bridgehead atoms. The third-order valence-corrected chi connectivity index (χ3v) is 2.10. The van der Waals surface area contributed by atoms with Crippen LogP contribution in [0.25, 0.3) is 0 Å². The lowest BCUT2D eigenvalue weighted by molar-refractivity contribution is 0.0965. The van der Waals surface area contributed by atoms with E-state index >= 15 is 0 Å². The van der Waals surface area contributed by atoms with Crippen molar-refractivity contribution in [2.75, 3.05) is 0 Å². The zero-order valence-electron chi connectivity index (χ0n) is 8.43. The number of rotatable bonds is 3. The molecule has 3 nitrogen and oxygen atoms in total. The summed E-state index contributed by atoms with van der Waals surface area (Å²) >= 11 is 0. The van der Waals surface area contributed by atoms with Gasteiger partial charge in [-0.3, -0.25) is 9.78 Å². The van der Waals surface area contributed by atoms with Crippen molar-refractivity contribution in [3.63, 3.8) is 0 Å². The number of furan rings is 1. The first-order valence-electron chi connectivity index (χ1n) is 4.74. The minimum Gasteiger partial charge on any atom is -0.458 e. The fourth-order valence-electron chi connectivity index (χ4n) is 1.36. The van der Waals surface area contributed by atoms with Gasteiger partial charge in [0.2, 0.25) is 5.78 Å². The minimum absolute atomic E-state index is 0.0175. The molecule has 2 aromatic heterocycles. The van der Waals surface area contributed by atoms with E-state index in [1.165, 1.54) is 0 Å². The van der Waals surface area contributed by atoms with Crippen molar-refractivity contribution in [1.82, 2.24) is 4.98 Å². The standard InChI is InChI=1S/C12H11NO2/c1-9-4-5-12(15-9)11(14)7-10-3-2-6-13-8-10/h2-6,8H,7H2,1H3. The zero-order chi connectivity index (χ0) is 10.7. The van der Waals surface area contributed by atoms with Crippen LogP contribution in [0.1, 0.15) is 21.9 Å². The quantitative estimate of drug-likeness (QED) is 0.716. The number of ketones is 1. The van der Waals surface area contributed by atoms with Crippen molar-refractivity contribution in [3.05, 3.63) is 53.7 Å². The Morgan fingerprint density at radius 1 is 1.40 bits per heavy atom. The smallest absolute Gasteiger partial charge is 0.202 e. The van der Waals surface area contributed by atoms with Gasteiger partial charge in [0, 0.05) is 18.8 Å². The first kappa shape index (κ1) is 9.65. The Balaban J connectivity index is 2.11. The molecule has 0 atom stereocenters. The summed E-state index contributed by atoms with van der Waals surface area (Å²) in [6.07, 6.45) is 3.71. The maximum Gasteiger partial charge on any atom is 0.202 e. The Kier molecular flexibility index (Phi) is 2.63. The van der Waals surface area contributed by atoms with Crippen LogP contribution < -0.4 is 0 Å². The first-order chi connectivity index (χ1) is 7.25. The molecule has 0 amide bonds. The Labute approximate surface area is 87.8 Å². The average Bonchev–Trinajstić information content (AvgIpc) is 2.66. The van der Waals surface area contributed by atoms with Gasteiger partial charge in [-0.25, -0.2) is 0 Å². The van der Waals surface area contributed by atoms with E-state index in [1.807, 2.05) is 19.1 Å². The number of aryl methyl sites for hydroxylation is 1. The van der Waals surface area contributed by atoms with Gasteiger partial charge in [-0.05, 0) is 30.7 Å². The second kappa shape index (κ2) is 4.09. The van der Waals surface area contributed by atoms with Gasteiger partial charge in [0.05, 0.1) is 0 Å². The van der Waals surface area contributed by atoms with E-state index in [2.05, 4.69) is 4.98 Å². The van der Waals surface area contributed by atoms with Crippen LogP contribution in [0, 0.1) is 6.92 Å². The van der Waals surface area contributed by atoms with Gasteiger partial charge < -0.3 is 4.42 Å². The number of carbonyl (C=O) groups excluding carboxylic acids is 1. The Hall–Kier alpha value is -1.90. The highest BCUT2D eigenvalue weighted by molar-refractivity contribution is 5.94. The fraction of sp³-hybridized carbons (Fsp3) is 0.167. The van der Waals surface area contributed by atoms with Gasteiger partial charge in [-0.2, -0.15) is 0 Å². The molecular weight excluding hydrogens is 190 g/mol. The van der Waals surface area contributed by atoms with Crippen LogP contribution >= 0.6 is 0 Å². The molecule has 0 spiro atoms. The summed E-state index contributed by atoms with van der Waals surface area (Å²) in [7, 11) is 0. The molecule has 0 aromatic carbocycles. The lowest BCUT2D eigenvalue weighted by Gasteiger charge is -1.97. The zero-order valence-corrected chi connectivity index (χ0v) is 8.43. The number of aromatic nitrogens is 1. The van der Waals surface area contributed by atoms with Crippen molar-refractivity contribution in [1.29, 1.82) is 0 Å². The molecule has 0 aliphatic rings. The van der Waals surface area contributed by atoms with Crippen LogP contribution in [-0.2, 0) is 6.42 Å². The largest absolute Gasteiger partial charge is 0.458 e. The van der Waals surface area contributed by atoms with Crippen LogP contribution in [0.15, 0.2) is 41.1 Å². The van der Waals surface area contributed by atoms with Crippen molar-refractivity contribution < 1.29 is 9.21 Å². The summed E-state index contributed by atoms with van der Waals surface area (Å²) in [6.45, 7) is 1.82. The summed E-state index contributed by atoms with van der Waals surface area (Å²) in [5.41, 5.74) is 0.900. The molecular formula is C12H11NO2.